The van der Waals surface area contributed by atoms with E-state index in [4.69, 9.17) is 0 Å². The molecule has 0 amide bonds. The number of fused-ring (bicyclic) bond motifs is 6. The molecule has 0 atom stereocenters. The fourth-order valence-corrected chi connectivity index (χ4v) is 12.4. The lowest BCUT2D eigenvalue weighted by atomic mass is 9.67. The Morgan fingerprint density at radius 3 is 1.49 bits per heavy atom. The third-order valence-corrected chi connectivity index (χ3v) is 15.4. The molecule has 0 radical (unpaired) electrons. The zero-order valence-electron chi connectivity index (χ0n) is 37.8. The molecule has 2 heteroatoms. The Labute approximate surface area is 407 Å². The summed E-state index contributed by atoms with van der Waals surface area (Å²) >= 11 is 1.87. The van der Waals surface area contributed by atoms with Crippen LogP contribution in [0.5, 0.6) is 0 Å². The van der Waals surface area contributed by atoms with Crippen LogP contribution in [0.4, 0.5) is 17.1 Å². The van der Waals surface area contributed by atoms with Gasteiger partial charge in [-0.1, -0.05) is 237 Å². The van der Waals surface area contributed by atoms with Crippen molar-refractivity contribution >= 4 is 48.6 Å². The van der Waals surface area contributed by atoms with E-state index in [0.717, 1.165) is 22.6 Å². The van der Waals surface area contributed by atoms with Gasteiger partial charge in [0.1, 0.15) is 0 Å². The number of hydrogen-bond acceptors (Lipinski definition) is 2. The van der Waals surface area contributed by atoms with Gasteiger partial charge in [-0.15, -0.1) is 11.3 Å². The molecular weight excluding hydrogens is 851 g/mol. The van der Waals surface area contributed by atoms with E-state index in [1.807, 2.05) is 11.3 Å². The minimum atomic E-state index is -0.467. The van der Waals surface area contributed by atoms with Gasteiger partial charge in [-0.2, -0.15) is 0 Å². The molecule has 0 N–H and O–H groups in total. The monoisotopic (exact) mass is 895 g/mol. The van der Waals surface area contributed by atoms with Crippen LogP contribution in [0.3, 0.4) is 0 Å². The van der Waals surface area contributed by atoms with E-state index in [0.29, 0.717) is 0 Å². The first kappa shape index (κ1) is 40.7. The summed E-state index contributed by atoms with van der Waals surface area (Å²) in [5, 5.41) is 2.55. The normalized spacial score (nSPS) is 12.5. The maximum Gasteiger partial charge on any atom is 0.0713 e. The first-order valence-corrected chi connectivity index (χ1v) is 24.6. The van der Waals surface area contributed by atoms with Crippen molar-refractivity contribution < 1.29 is 0 Å². The highest BCUT2D eigenvalue weighted by atomic mass is 32.1. The first-order chi connectivity index (χ1) is 34.3. The molecule has 0 bridgehead atoms. The maximum atomic E-state index is 2.49. The fourth-order valence-electron chi connectivity index (χ4n) is 11.2. The molecule has 1 aliphatic carbocycles. The van der Waals surface area contributed by atoms with E-state index < -0.39 is 5.41 Å². The number of thiophene rings is 1. The first-order valence-electron chi connectivity index (χ1n) is 23.8. The molecule has 0 saturated carbocycles. The van der Waals surface area contributed by atoms with Crippen LogP contribution in [0.2, 0.25) is 0 Å². The minimum absolute atomic E-state index is 0.467. The second kappa shape index (κ2) is 16.9. The minimum Gasteiger partial charge on any atom is -0.308 e. The summed E-state index contributed by atoms with van der Waals surface area (Å²) < 4.78 is 2.55. The van der Waals surface area contributed by atoms with E-state index in [1.165, 1.54) is 92.5 Å². The van der Waals surface area contributed by atoms with Gasteiger partial charge in [0.05, 0.1) is 21.5 Å². The number of rotatable bonds is 9. The summed E-state index contributed by atoms with van der Waals surface area (Å²) in [6.45, 7) is 0. The van der Waals surface area contributed by atoms with Crippen LogP contribution in [0, 0.1) is 0 Å². The lowest BCUT2D eigenvalue weighted by Crippen LogP contribution is -2.28. The molecule has 13 rings (SSSR count). The summed E-state index contributed by atoms with van der Waals surface area (Å²) in [6.07, 6.45) is 0. The highest BCUT2D eigenvalue weighted by Gasteiger charge is 2.46. The number of hydrogen-bond donors (Lipinski definition) is 0. The van der Waals surface area contributed by atoms with Crippen molar-refractivity contribution in [1.82, 2.24) is 0 Å². The van der Waals surface area contributed by atoms with Crippen molar-refractivity contribution in [2.75, 3.05) is 4.90 Å². The maximum absolute atomic E-state index is 2.49. The van der Waals surface area contributed by atoms with Crippen LogP contribution in [0.25, 0.3) is 75.8 Å². The van der Waals surface area contributed by atoms with Crippen LogP contribution in [-0.2, 0) is 5.41 Å². The van der Waals surface area contributed by atoms with E-state index in [2.05, 4.69) is 278 Å². The molecule has 0 fully saturated rings. The third-order valence-electron chi connectivity index (χ3n) is 14.2. The fraction of sp³-hybridized carbons (Fsp3) is 0.0149. The van der Waals surface area contributed by atoms with Crippen LogP contribution < -0.4 is 4.90 Å². The zero-order valence-corrected chi connectivity index (χ0v) is 38.7. The summed E-state index contributed by atoms with van der Waals surface area (Å²) in [5.41, 5.74) is 20.1. The topological polar surface area (TPSA) is 3.24 Å². The summed E-state index contributed by atoms with van der Waals surface area (Å²) in [5.74, 6) is 0. The average molecular weight is 896 g/mol. The van der Waals surface area contributed by atoms with Gasteiger partial charge in [0, 0.05) is 26.7 Å². The van der Waals surface area contributed by atoms with Gasteiger partial charge in [0.25, 0.3) is 0 Å². The third kappa shape index (κ3) is 6.67. The van der Waals surface area contributed by atoms with Gasteiger partial charge >= 0.3 is 0 Å². The van der Waals surface area contributed by atoms with E-state index in [-0.39, 0.29) is 0 Å². The second-order valence-corrected chi connectivity index (χ2v) is 18.9. The molecule has 0 saturated heterocycles. The van der Waals surface area contributed by atoms with E-state index in [1.54, 1.807) is 0 Å². The standard InChI is InChI=1S/C67H45NS/c1-4-21-47(22-5-1)52-27-10-11-28-53(52)54-29-12-13-30-55(54)58-32-15-18-36-63(58)68(64-37-20-34-60-59-33-16-19-38-65(59)69-66(60)64)51-42-39-46(40-43-51)48-41-44-57-56-31-14-17-35-61(56)67(62(57)45-48,49-23-6-2-7-24-49)50-25-8-3-9-26-50/h1-45H. The van der Waals surface area contributed by atoms with Crippen molar-refractivity contribution in [1.29, 1.82) is 0 Å². The summed E-state index contributed by atoms with van der Waals surface area (Å²) in [4.78, 5) is 2.49. The number of anilines is 3. The smallest absolute Gasteiger partial charge is 0.0713 e. The predicted octanol–water partition coefficient (Wildman–Crippen LogP) is 18.6. The molecule has 12 aromatic rings. The van der Waals surface area contributed by atoms with Crippen LogP contribution >= 0.6 is 11.3 Å². The van der Waals surface area contributed by atoms with E-state index in [9.17, 15) is 0 Å². The Morgan fingerprint density at radius 2 is 0.783 bits per heavy atom. The molecule has 1 aliphatic rings. The highest BCUT2D eigenvalue weighted by molar-refractivity contribution is 7.26. The Morgan fingerprint density at radius 1 is 0.290 bits per heavy atom. The predicted molar refractivity (Wildman–Crippen MR) is 293 cm³/mol. The molecule has 1 heterocycles. The van der Waals surface area contributed by atoms with Crippen LogP contribution in [-0.4, -0.2) is 0 Å². The van der Waals surface area contributed by atoms with Crippen molar-refractivity contribution in [2.45, 2.75) is 5.41 Å². The molecule has 69 heavy (non-hydrogen) atoms. The zero-order chi connectivity index (χ0) is 45.7. The molecule has 0 unspecified atom stereocenters. The number of nitrogens with zero attached hydrogens (tertiary/aromatic N) is 1. The molecule has 0 aliphatic heterocycles. The van der Waals surface area contributed by atoms with Gasteiger partial charge in [-0.3, -0.25) is 0 Å². The molecule has 1 nitrogen and oxygen atoms in total. The van der Waals surface area contributed by atoms with Crippen molar-refractivity contribution in [3.63, 3.8) is 0 Å². The quantitative estimate of drug-likeness (QED) is 0.140. The largest absolute Gasteiger partial charge is 0.308 e. The van der Waals surface area contributed by atoms with Crippen LogP contribution in [0.1, 0.15) is 22.3 Å². The second-order valence-electron chi connectivity index (χ2n) is 17.9. The van der Waals surface area contributed by atoms with Gasteiger partial charge in [-0.05, 0) is 109 Å². The molecule has 324 valence electrons. The average Bonchev–Trinajstić information content (AvgIpc) is 3.96. The van der Waals surface area contributed by atoms with Gasteiger partial charge in [0.2, 0.25) is 0 Å². The number of para-hydroxylation sites is 1. The lowest BCUT2D eigenvalue weighted by molar-refractivity contribution is 0.769. The number of benzene rings is 11. The van der Waals surface area contributed by atoms with E-state index >= 15 is 0 Å². The van der Waals surface area contributed by atoms with Crippen molar-refractivity contribution in [3.8, 4) is 55.6 Å². The van der Waals surface area contributed by atoms with Crippen molar-refractivity contribution in [2.24, 2.45) is 0 Å². The Kier molecular flexibility index (Phi) is 10.00. The molecule has 11 aromatic carbocycles. The highest BCUT2D eigenvalue weighted by Crippen LogP contribution is 2.57. The van der Waals surface area contributed by atoms with Gasteiger partial charge in [0.15, 0.2) is 0 Å². The Hall–Kier alpha value is -8.56. The Bertz CT molecular complexity index is 3790. The SMILES string of the molecule is c1ccc(-c2ccccc2-c2ccccc2-c2ccccc2N(c2ccc(-c3ccc4c(c3)C(c3ccccc3)(c3ccccc3)c3ccccc3-4)cc2)c2cccc3c2sc2ccccc23)cc1. The van der Waals surface area contributed by atoms with Gasteiger partial charge < -0.3 is 4.90 Å². The van der Waals surface area contributed by atoms with Gasteiger partial charge in [-0.25, -0.2) is 0 Å². The summed E-state index contributed by atoms with van der Waals surface area (Å²) in [6, 6.07) is 100. The van der Waals surface area contributed by atoms with Crippen LogP contribution in [0.15, 0.2) is 273 Å². The van der Waals surface area contributed by atoms with Crippen molar-refractivity contribution in [3.05, 3.63) is 295 Å². The summed E-state index contributed by atoms with van der Waals surface area (Å²) in [7, 11) is 0. The molecular formula is C67H45NS. The molecule has 1 aromatic heterocycles. The Balaban J connectivity index is 0.987. The lowest BCUT2D eigenvalue weighted by Gasteiger charge is -2.34. The molecule has 0 spiro atoms.